The molecule has 2 aromatic carbocycles. The Bertz CT molecular complexity index is 1220. The van der Waals surface area contributed by atoms with E-state index < -0.39 is 15.8 Å². The third kappa shape index (κ3) is 4.64. The van der Waals surface area contributed by atoms with Crippen molar-refractivity contribution in [2.24, 2.45) is 4.99 Å². The van der Waals surface area contributed by atoms with Gasteiger partial charge in [-0.1, -0.05) is 29.3 Å². The van der Waals surface area contributed by atoms with Crippen molar-refractivity contribution >= 4 is 66.6 Å². The second kappa shape index (κ2) is 8.07. The number of rotatable bonds is 4. The van der Waals surface area contributed by atoms with Crippen molar-refractivity contribution < 1.29 is 17.9 Å². The van der Waals surface area contributed by atoms with Crippen LogP contribution in [0.3, 0.4) is 0 Å². The van der Waals surface area contributed by atoms with Crippen molar-refractivity contribution in [2.45, 2.75) is 12.5 Å². The number of benzene rings is 2. The maximum Gasteiger partial charge on any atom is 0.355 e. The van der Waals surface area contributed by atoms with Crippen LogP contribution in [-0.2, 0) is 9.84 Å². The van der Waals surface area contributed by atoms with E-state index in [0.29, 0.717) is 27.1 Å². The number of carbonyl (C=O) groups excluding carboxylic acids is 1. The van der Waals surface area contributed by atoms with E-state index >= 15 is 0 Å². The minimum atomic E-state index is -2.95. The van der Waals surface area contributed by atoms with Crippen molar-refractivity contribution in [1.82, 2.24) is 0 Å². The van der Waals surface area contributed by atoms with Crippen LogP contribution in [0.5, 0.6) is 5.75 Å². The number of esters is 1. The lowest BCUT2D eigenvalue weighted by Gasteiger charge is -2.04. The van der Waals surface area contributed by atoms with Crippen molar-refractivity contribution in [1.29, 1.82) is 0 Å². The molecular weight excluding hydrogens is 453 g/mol. The summed E-state index contributed by atoms with van der Waals surface area (Å²) >= 11 is 13.5. The molecule has 1 aliphatic rings. The van der Waals surface area contributed by atoms with Crippen LogP contribution in [0.25, 0.3) is 10.1 Å². The largest absolute Gasteiger partial charge is 0.422 e. The molecule has 2 heterocycles. The second-order valence-electron chi connectivity index (χ2n) is 6.68. The minimum absolute atomic E-state index is 0.0976. The van der Waals surface area contributed by atoms with Gasteiger partial charge in [0, 0.05) is 21.3 Å². The lowest BCUT2D eigenvalue weighted by molar-refractivity contribution is 0.0740. The Labute approximate surface area is 181 Å². The van der Waals surface area contributed by atoms with Gasteiger partial charge >= 0.3 is 5.97 Å². The molecule has 4 rings (SSSR count). The number of nitrogens with zero attached hydrogens (tertiary/aromatic N) is 1. The predicted octanol–water partition coefficient (Wildman–Crippen LogP) is 5.03. The summed E-state index contributed by atoms with van der Waals surface area (Å²) in [6.45, 7) is 0. The van der Waals surface area contributed by atoms with E-state index in [2.05, 4.69) is 4.99 Å². The molecule has 1 atom stereocenters. The fourth-order valence-corrected chi connectivity index (χ4v) is 6.33. The molecule has 0 unspecified atom stereocenters. The van der Waals surface area contributed by atoms with Gasteiger partial charge in [0.2, 0.25) is 0 Å². The Morgan fingerprint density at radius 3 is 2.62 bits per heavy atom. The third-order valence-electron chi connectivity index (χ3n) is 4.51. The number of halogens is 2. The van der Waals surface area contributed by atoms with Crippen molar-refractivity contribution in [3.63, 3.8) is 0 Å². The molecule has 0 N–H and O–H groups in total. The van der Waals surface area contributed by atoms with Gasteiger partial charge in [-0.25, -0.2) is 13.2 Å². The lowest BCUT2D eigenvalue weighted by Crippen LogP contribution is -2.08. The monoisotopic (exact) mass is 467 g/mol. The molecule has 5 nitrogen and oxygen atoms in total. The van der Waals surface area contributed by atoms with Crippen molar-refractivity contribution in [3.8, 4) is 5.75 Å². The quantitative estimate of drug-likeness (QED) is 0.306. The van der Waals surface area contributed by atoms with E-state index in [1.165, 1.54) is 11.3 Å². The van der Waals surface area contributed by atoms with Crippen LogP contribution in [0.1, 0.15) is 21.7 Å². The summed E-state index contributed by atoms with van der Waals surface area (Å²) in [4.78, 5) is 17.2. The first-order chi connectivity index (χ1) is 13.8. The van der Waals surface area contributed by atoms with E-state index in [1.54, 1.807) is 48.7 Å². The SMILES string of the molecule is O=C(Oc1ccc(C=N[C@H]2CCS(=O)(=O)C2)cc1)c1sc2cc(Cl)ccc2c1Cl. The first kappa shape index (κ1) is 20.3. The Kier molecular flexibility index (Phi) is 5.66. The maximum atomic E-state index is 12.5. The van der Waals surface area contributed by atoms with Crippen LogP contribution in [0.2, 0.25) is 10.0 Å². The molecule has 0 radical (unpaired) electrons. The normalized spacial score (nSPS) is 18.5. The van der Waals surface area contributed by atoms with Gasteiger partial charge in [-0.05, 0) is 48.4 Å². The van der Waals surface area contributed by atoms with Crippen LogP contribution in [0.15, 0.2) is 47.5 Å². The molecule has 0 saturated carbocycles. The number of hydrogen-bond acceptors (Lipinski definition) is 6. The zero-order valence-electron chi connectivity index (χ0n) is 15.0. The number of ether oxygens (including phenoxy) is 1. The average Bonchev–Trinajstić information content (AvgIpc) is 3.20. The average molecular weight is 468 g/mol. The van der Waals surface area contributed by atoms with E-state index in [0.717, 1.165) is 15.6 Å². The van der Waals surface area contributed by atoms with Gasteiger partial charge in [0.1, 0.15) is 10.6 Å². The van der Waals surface area contributed by atoms with Gasteiger partial charge in [0.25, 0.3) is 0 Å². The van der Waals surface area contributed by atoms with Gasteiger partial charge in [-0.3, -0.25) is 4.99 Å². The fourth-order valence-electron chi connectivity index (χ4n) is 3.03. The fraction of sp³-hybridized carbons (Fsp3) is 0.200. The lowest BCUT2D eigenvalue weighted by atomic mass is 10.2. The zero-order valence-corrected chi connectivity index (χ0v) is 18.1. The maximum absolute atomic E-state index is 12.5. The number of aliphatic imine (C=N–C) groups is 1. The van der Waals surface area contributed by atoms with Crippen molar-refractivity contribution in [3.05, 3.63) is 63.0 Å². The summed E-state index contributed by atoms with van der Waals surface area (Å²) in [6, 6.07) is 11.9. The highest BCUT2D eigenvalue weighted by molar-refractivity contribution is 7.91. The first-order valence-corrected chi connectivity index (χ1v) is 12.1. The molecule has 1 fully saturated rings. The number of sulfone groups is 1. The molecule has 29 heavy (non-hydrogen) atoms. The standard InChI is InChI=1S/C20H15Cl2NO4S2/c21-13-3-6-16-17(9-13)28-19(18(16)22)20(24)27-15-4-1-12(2-5-15)10-23-14-7-8-29(25,26)11-14/h1-6,9-10,14H,7-8,11H2/t14-/m0/s1. The van der Waals surface area contributed by atoms with Crippen LogP contribution in [0, 0.1) is 0 Å². The molecule has 0 aliphatic carbocycles. The minimum Gasteiger partial charge on any atom is -0.422 e. The molecule has 0 amide bonds. The van der Waals surface area contributed by atoms with Gasteiger partial charge in [-0.2, -0.15) is 0 Å². The molecule has 3 aromatic rings. The van der Waals surface area contributed by atoms with Crippen LogP contribution in [0.4, 0.5) is 0 Å². The summed E-state index contributed by atoms with van der Waals surface area (Å²) < 4.78 is 29.2. The van der Waals surface area contributed by atoms with Crippen molar-refractivity contribution in [2.75, 3.05) is 11.5 Å². The van der Waals surface area contributed by atoms with Crippen LogP contribution in [-0.4, -0.2) is 38.1 Å². The molecule has 1 saturated heterocycles. The third-order valence-corrected chi connectivity index (χ3v) is 8.13. The van der Waals surface area contributed by atoms with Gasteiger partial charge < -0.3 is 4.74 Å². The Morgan fingerprint density at radius 1 is 1.17 bits per heavy atom. The van der Waals surface area contributed by atoms with E-state index in [-0.39, 0.29) is 17.5 Å². The molecule has 1 aromatic heterocycles. The Morgan fingerprint density at radius 2 is 1.93 bits per heavy atom. The number of carbonyl (C=O) groups is 1. The summed E-state index contributed by atoms with van der Waals surface area (Å²) in [7, 11) is -2.95. The van der Waals surface area contributed by atoms with Gasteiger partial charge in [0.05, 0.1) is 22.6 Å². The second-order valence-corrected chi connectivity index (χ2v) is 10.8. The molecule has 1 aliphatic heterocycles. The molecule has 150 valence electrons. The first-order valence-electron chi connectivity index (χ1n) is 8.74. The summed E-state index contributed by atoms with van der Waals surface area (Å²) in [6.07, 6.45) is 2.19. The van der Waals surface area contributed by atoms with Crippen LogP contribution >= 0.6 is 34.5 Å². The molecular formula is C20H15Cl2NO4S2. The van der Waals surface area contributed by atoms with E-state index in [4.69, 9.17) is 27.9 Å². The van der Waals surface area contributed by atoms with Gasteiger partial charge in [-0.15, -0.1) is 11.3 Å². The predicted molar refractivity (Wildman–Crippen MR) is 118 cm³/mol. The molecule has 9 heteroatoms. The number of fused-ring (bicyclic) bond motifs is 1. The van der Waals surface area contributed by atoms with Gasteiger partial charge in [0.15, 0.2) is 9.84 Å². The summed E-state index contributed by atoms with van der Waals surface area (Å²) in [5, 5.41) is 1.68. The van der Waals surface area contributed by atoms with E-state index in [9.17, 15) is 13.2 Å². The van der Waals surface area contributed by atoms with Crippen LogP contribution < -0.4 is 4.74 Å². The Balaban J connectivity index is 1.45. The zero-order chi connectivity index (χ0) is 20.6. The smallest absolute Gasteiger partial charge is 0.355 e. The number of hydrogen-bond donors (Lipinski definition) is 0. The topological polar surface area (TPSA) is 72.8 Å². The number of thiophene rings is 1. The highest BCUT2D eigenvalue weighted by atomic mass is 35.5. The summed E-state index contributed by atoms with van der Waals surface area (Å²) in [5.74, 6) is 0.128. The highest BCUT2D eigenvalue weighted by Crippen LogP contribution is 2.37. The van der Waals surface area contributed by atoms with E-state index in [1.807, 2.05) is 0 Å². The Hall–Kier alpha value is -1.93. The highest BCUT2D eigenvalue weighted by Gasteiger charge is 2.26. The molecule has 0 bridgehead atoms. The molecule has 0 spiro atoms. The summed E-state index contributed by atoms with van der Waals surface area (Å²) in [5.41, 5.74) is 0.795.